The van der Waals surface area contributed by atoms with E-state index < -0.39 is 0 Å². The number of benzene rings is 2. The fourth-order valence-corrected chi connectivity index (χ4v) is 3.33. The zero-order valence-corrected chi connectivity index (χ0v) is 14.5. The van der Waals surface area contributed by atoms with E-state index in [1.54, 1.807) is 18.2 Å². The fourth-order valence-electron chi connectivity index (χ4n) is 3.33. The van der Waals surface area contributed by atoms with E-state index in [-0.39, 0.29) is 18.4 Å². The molecule has 0 unspecified atom stereocenters. The second kappa shape index (κ2) is 6.09. The van der Waals surface area contributed by atoms with E-state index in [1.807, 2.05) is 30.3 Å². The van der Waals surface area contributed by atoms with E-state index in [2.05, 4.69) is 10.6 Å². The van der Waals surface area contributed by atoms with Crippen molar-refractivity contribution in [1.29, 1.82) is 0 Å². The van der Waals surface area contributed by atoms with Crippen molar-refractivity contribution in [3.63, 3.8) is 0 Å². The average Bonchev–Trinajstić information content (AvgIpc) is 3.52. The number of nitrogens with one attached hydrogen (secondary N) is 2. The van der Waals surface area contributed by atoms with Gasteiger partial charge in [0.15, 0.2) is 6.61 Å². The van der Waals surface area contributed by atoms with Crippen LogP contribution in [-0.2, 0) is 4.79 Å². The summed E-state index contributed by atoms with van der Waals surface area (Å²) in [6.45, 7) is 0.00561. The van der Waals surface area contributed by atoms with Crippen molar-refractivity contribution < 1.29 is 14.3 Å². The van der Waals surface area contributed by atoms with Crippen molar-refractivity contribution in [3.8, 4) is 5.75 Å². The molecule has 1 fully saturated rings. The molecule has 0 saturated heterocycles. The highest BCUT2D eigenvalue weighted by molar-refractivity contribution is 6.12. The van der Waals surface area contributed by atoms with Crippen molar-refractivity contribution in [2.24, 2.45) is 0 Å². The molecular formula is C21H17N3O3. The highest BCUT2D eigenvalue weighted by Crippen LogP contribution is 2.40. The average molecular weight is 359 g/mol. The lowest BCUT2D eigenvalue weighted by Gasteiger charge is -2.18. The van der Waals surface area contributed by atoms with Gasteiger partial charge in [-0.25, -0.2) is 0 Å². The van der Waals surface area contributed by atoms with Gasteiger partial charge >= 0.3 is 0 Å². The topological polar surface area (TPSA) is 80.3 Å². The van der Waals surface area contributed by atoms with Gasteiger partial charge in [-0.2, -0.15) is 0 Å². The minimum Gasteiger partial charge on any atom is -0.482 e. The molecule has 1 aromatic heterocycles. The second-order valence-electron chi connectivity index (χ2n) is 6.89. The Labute approximate surface area is 155 Å². The van der Waals surface area contributed by atoms with Gasteiger partial charge in [-0.05, 0) is 43.2 Å². The van der Waals surface area contributed by atoms with E-state index in [0.717, 1.165) is 29.4 Å². The summed E-state index contributed by atoms with van der Waals surface area (Å²) in [6, 6.07) is 14.8. The van der Waals surface area contributed by atoms with Gasteiger partial charge in [0.1, 0.15) is 5.75 Å². The Hall–Kier alpha value is -3.41. The molecule has 5 rings (SSSR count). The number of ether oxygens (including phenoxy) is 1. The summed E-state index contributed by atoms with van der Waals surface area (Å²) in [6.07, 6.45) is 2.24. The van der Waals surface area contributed by atoms with Gasteiger partial charge in [-0.3, -0.25) is 14.6 Å². The van der Waals surface area contributed by atoms with Crippen LogP contribution in [0.15, 0.2) is 48.5 Å². The molecule has 2 aromatic carbocycles. The molecule has 1 aliphatic heterocycles. The smallest absolute Gasteiger partial charge is 0.262 e. The number of rotatable bonds is 3. The number of pyridine rings is 1. The van der Waals surface area contributed by atoms with E-state index in [4.69, 9.17) is 9.72 Å². The van der Waals surface area contributed by atoms with Gasteiger partial charge in [0.05, 0.1) is 16.8 Å². The Morgan fingerprint density at radius 3 is 2.85 bits per heavy atom. The third kappa shape index (κ3) is 2.99. The van der Waals surface area contributed by atoms with Crippen LogP contribution in [0.3, 0.4) is 0 Å². The van der Waals surface area contributed by atoms with E-state index in [0.29, 0.717) is 28.6 Å². The lowest BCUT2D eigenvalue weighted by molar-refractivity contribution is -0.118. The maximum absolute atomic E-state index is 13.0. The Morgan fingerprint density at radius 2 is 2.00 bits per heavy atom. The van der Waals surface area contributed by atoms with Crippen molar-refractivity contribution in [3.05, 3.63) is 59.8 Å². The molecule has 2 aliphatic rings. The maximum Gasteiger partial charge on any atom is 0.262 e. The summed E-state index contributed by atoms with van der Waals surface area (Å²) in [5.41, 5.74) is 3.57. The number of fused-ring (bicyclic) bond motifs is 2. The van der Waals surface area contributed by atoms with E-state index >= 15 is 0 Å². The molecule has 2 heterocycles. The van der Waals surface area contributed by atoms with Crippen molar-refractivity contribution in [2.45, 2.75) is 18.8 Å². The van der Waals surface area contributed by atoms with Gasteiger partial charge in [-0.15, -0.1) is 0 Å². The van der Waals surface area contributed by atoms with E-state index in [1.165, 1.54) is 0 Å². The number of anilines is 2. The first-order valence-electron chi connectivity index (χ1n) is 8.95. The minimum absolute atomic E-state index is 0.00561. The standard InChI is InChI=1S/C21H17N3O3/c25-20-11-27-19-8-7-13(9-18(19)24-20)22-21(26)15-10-17(12-5-6-12)23-16-4-2-1-3-14(15)16/h1-4,7-10,12H,5-6,11H2,(H,22,26)(H,24,25). The number of nitrogens with zero attached hydrogens (tertiary/aromatic N) is 1. The third-order valence-corrected chi connectivity index (χ3v) is 4.85. The molecule has 1 saturated carbocycles. The molecule has 0 bridgehead atoms. The Kier molecular flexibility index (Phi) is 3.57. The Bertz CT molecular complexity index is 1090. The van der Waals surface area contributed by atoms with Gasteiger partial charge in [-0.1, -0.05) is 18.2 Å². The van der Waals surface area contributed by atoms with Crippen LogP contribution in [0.4, 0.5) is 11.4 Å². The number of carbonyl (C=O) groups excluding carboxylic acids is 2. The monoisotopic (exact) mass is 359 g/mol. The molecular weight excluding hydrogens is 342 g/mol. The molecule has 27 heavy (non-hydrogen) atoms. The van der Waals surface area contributed by atoms with Gasteiger partial charge in [0.2, 0.25) is 0 Å². The van der Waals surface area contributed by atoms with Crippen LogP contribution in [0, 0.1) is 0 Å². The second-order valence-corrected chi connectivity index (χ2v) is 6.89. The molecule has 0 atom stereocenters. The predicted octanol–water partition coefficient (Wildman–Crippen LogP) is 3.70. The Balaban J connectivity index is 1.49. The molecule has 1 aliphatic carbocycles. The third-order valence-electron chi connectivity index (χ3n) is 4.85. The quantitative estimate of drug-likeness (QED) is 0.747. The number of amides is 2. The van der Waals surface area contributed by atoms with Crippen molar-refractivity contribution in [1.82, 2.24) is 4.98 Å². The van der Waals surface area contributed by atoms with E-state index in [9.17, 15) is 9.59 Å². The molecule has 3 aromatic rings. The van der Waals surface area contributed by atoms with Crippen LogP contribution in [0.5, 0.6) is 5.75 Å². The number of hydrogen-bond acceptors (Lipinski definition) is 4. The number of para-hydroxylation sites is 1. The van der Waals surface area contributed by atoms with Gasteiger partial charge < -0.3 is 15.4 Å². The summed E-state index contributed by atoms with van der Waals surface area (Å²) >= 11 is 0. The molecule has 2 amide bonds. The van der Waals surface area contributed by atoms with Gasteiger partial charge in [0, 0.05) is 22.7 Å². The van der Waals surface area contributed by atoms with Crippen LogP contribution in [0.2, 0.25) is 0 Å². The van der Waals surface area contributed by atoms with Crippen molar-refractivity contribution >= 4 is 34.1 Å². The summed E-state index contributed by atoms with van der Waals surface area (Å²) in [7, 11) is 0. The zero-order valence-electron chi connectivity index (χ0n) is 14.5. The highest BCUT2D eigenvalue weighted by Gasteiger charge is 2.27. The van der Waals surface area contributed by atoms with Gasteiger partial charge in [0.25, 0.3) is 11.8 Å². The first-order chi connectivity index (χ1) is 13.2. The predicted molar refractivity (Wildman–Crippen MR) is 102 cm³/mol. The largest absolute Gasteiger partial charge is 0.482 e. The lowest BCUT2D eigenvalue weighted by Crippen LogP contribution is -2.25. The fraction of sp³-hybridized carbons (Fsp3) is 0.190. The van der Waals surface area contributed by atoms with Crippen LogP contribution in [0.25, 0.3) is 10.9 Å². The number of hydrogen-bond donors (Lipinski definition) is 2. The minimum atomic E-state index is -0.208. The normalized spacial score (nSPS) is 15.6. The zero-order chi connectivity index (χ0) is 18.4. The van der Waals surface area contributed by atoms with Crippen LogP contribution in [0.1, 0.15) is 34.8 Å². The maximum atomic E-state index is 13.0. The summed E-state index contributed by atoms with van der Waals surface area (Å²) in [5.74, 6) is 0.647. The molecule has 134 valence electrons. The highest BCUT2D eigenvalue weighted by atomic mass is 16.5. The number of carbonyl (C=O) groups is 2. The summed E-state index contributed by atoms with van der Waals surface area (Å²) in [5, 5.41) is 6.51. The van der Waals surface area contributed by atoms with Crippen LogP contribution < -0.4 is 15.4 Å². The molecule has 6 nitrogen and oxygen atoms in total. The molecule has 0 spiro atoms. The molecule has 6 heteroatoms. The molecule has 0 radical (unpaired) electrons. The number of aromatic nitrogens is 1. The molecule has 2 N–H and O–H groups in total. The Morgan fingerprint density at radius 1 is 1.15 bits per heavy atom. The first-order valence-corrected chi connectivity index (χ1v) is 8.95. The first kappa shape index (κ1) is 15.8. The lowest BCUT2D eigenvalue weighted by atomic mass is 10.1. The summed E-state index contributed by atoms with van der Waals surface area (Å²) < 4.78 is 5.35. The van der Waals surface area contributed by atoms with Crippen LogP contribution >= 0.6 is 0 Å². The summed E-state index contributed by atoms with van der Waals surface area (Å²) in [4.78, 5) is 29.2. The van der Waals surface area contributed by atoms with Crippen molar-refractivity contribution in [2.75, 3.05) is 17.2 Å². The van der Waals surface area contributed by atoms with Crippen LogP contribution in [-0.4, -0.2) is 23.4 Å². The SMILES string of the molecule is O=C1COc2ccc(NC(=O)c3cc(C4CC4)nc4ccccc34)cc2N1.